The van der Waals surface area contributed by atoms with E-state index in [-0.39, 0.29) is 5.41 Å². The Bertz CT molecular complexity index is 575. The minimum atomic E-state index is -0.612. The molecule has 24 heavy (non-hydrogen) atoms. The van der Waals surface area contributed by atoms with Gasteiger partial charge in [-0.15, -0.1) is 0 Å². The molecule has 1 aliphatic rings. The third-order valence-electron chi connectivity index (χ3n) is 4.62. The van der Waals surface area contributed by atoms with Crippen LogP contribution in [0.2, 0.25) is 0 Å². The van der Waals surface area contributed by atoms with E-state index in [0.717, 1.165) is 25.9 Å². The Hall–Kier alpha value is -1.88. The largest absolute Gasteiger partial charge is 0.346 e. The van der Waals surface area contributed by atoms with Crippen molar-refractivity contribution in [2.24, 2.45) is 0 Å². The van der Waals surface area contributed by atoms with Crippen molar-refractivity contribution in [1.82, 2.24) is 10.2 Å². The quantitative estimate of drug-likeness (QED) is 0.834. The molecular formula is C19H29N3O2. The highest BCUT2D eigenvalue weighted by Crippen LogP contribution is 2.23. The number of carbonyl (C=O) groups is 2. The van der Waals surface area contributed by atoms with E-state index in [0.29, 0.717) is 18.3 Å². The van der Waals surface area contributed by atoms with Gasteiger partial charge in [0, 0.05) is 18.3 Å². The molecule has 1 saturated heterocycles. The third kappa shape index (κ3) is 4.81. The fourth-order valence-corrected chi connectivity index (χ4v) is 3.07. The zero-order valence-electron chi connectivity index (χ0n) is 15.2. The van der Waals surface area contributed by atoms with Gasteiger partial charge < -0.3 is 10.6 Å². The molecule has 0 aliphatic carbocycles. The first-order valence-electron chi connectivity index (χ1n) is 8.75. The summed E-state index contributed by atoms with van der Waals surface area (Å²) in [6, 6.07) is 7.97. The summed E-state index contributed by atoms with van der Waals surface area (Å²) < 4.78 is 0. The Kier molecular flexibility index (Phi) is 5.99. The first-order chi connectivity index (χ1) is 11.3. The van der Waals surface area contributed by atoms with Gasteiger partial charge in [-0.2, -0.15) is 0 Å². The number of likely N-dealkylation sites (N-methyl/N-ethyl adjacent to an activating group) is 1. The monoisotopic (exact) mass is 331 g/mol. The highest BCUT2D eigenvalue weighted by Gasteiger charge is 2.24. The van der Waals surface area contributed by atoms with Crippen LogP contribution in [-0.2, 0) is 15.0 Å². The van der Waals surface area contributed by atoms with Crippen LogP contribution in [0, 0.1) is 0 Å². The Morgan fingerprint density at radius 2 is 1.83 bits per heavy atom. The first-order valence-corrected chi connectivity index (χ1v) is 8.75. The van der Waals surface area contributed by atoms with E-state index in [2.05, 4.69) is 43.2 Å². The van der Waals surface area contributed by atoms with Crippen LogP contribution in [0.15, 0.2) is 24.3 Å². The second-order valence-electron chi connectivity index (χ2n) is 7.42. The average Bonchev–Trinajstić information content (AvgIpc) is 2.99. The van der Waals surface area contributed by atoms with Gasteiger partial charge in [0.15, 0.2) is 0 Å². The normalized spacial score (nSPS) is 18.4. The Morgan fingerprint density at radius 3 is 2.42 bits per heavy atom. The molecule has 2 rings (SSSR count). The Balaban J connectivity index is 1.84. The molecule has 0 spiro atoms. The summed E-state index contributed by atoms with van der Waals surface area (Å²) in [6.07, 6.45) is 2.23. The summed E-state index contributed by atoms with van der Waals surface area (Å²) >= 11 is 0. The van der Waals surface area contributed by atoms with Gasteiger partial charge in [-0.25, -0.2) is 0 Å². The van der Waals surface area contributed by atoms with Gasteiger partial charge in [0.1, 0.15) is 0 Å². The molecule has 0 aromatic heterocycles. The van der Waals surface area contributed by atoms with Crippen LogP contribution in [0.25, 0.3) is 0 Å². The lowest BCUT2D eigenvalue weighted by atomic mass is 9.87. The number of nitrogens with one attached hydrogen (secondary N) is 2. The molecule has 1 atom stereocenters. The molecule has 5 nitrogen and oxygen atoms in total. The first kappa shape index (κ1) is 18.5. The summed E-state index contributed by atoms with van der Waals surface area (Å²) in [6.45, 7) is 11.1. The van der Waals surface area contributed by atoms with E-state index in [1.54, 1.807) is 0 Å². The van der Waals surface area contributed by atoms with E-state index in [9.17, 15) is 9.59 Å². The third-order valence-corrected chi connectivity index (χ3v) is 4.62. The molecule has 0 bridgehead atoms. The Labute approximate surface area is 144 Å². The fraction of sp³-hybridized carbons (Fsp3) is 0.579. The number of hydrogen-bond donors (Lipinski definition) is 2. The number of rotatable bonds is 4. The van der Waals surface area contributed by atoms with Gasteiger partial charge in [0.2, 0.25) is 0 Å². The molecule has 0 unspecified atom stereocenters. The number of benzene rings is 1. The number of amides is 2. The number of hydrogen-bond acceptors (Lipinski definition) is 3. The van der Waals surface area contributed by atoms with Crippen LogP contribution >= 0.6 is 0 Å². The van der Waals surface area contributed by atoms with Gasteiger partial charge in [-0.1, -0.05) is 39.8 Å². The minimum Gasteiger partial charge on any atom is -0.346 e. The van der Waals surface area contributed by atoms with E-state index in [1.165, 1.54) is 5.56 Å². The molecule has 0 radical (unpaired) electrons. The minimum absolute atomic E-state index is 0.0619. The second kappa shape index (κ2) is 7.79. The molecule has 1 fully saturated rings. The lowest BCUT2D eigenvalue weighted by Crippen LogP contribution is -2.43. The van der Waals surface area contributed by atoms with Crippen LogP contribution in [0.5, 0.6) is 0 Å². The number of nitrogens with zero attached hydrogens (tertiary/aromatic N) is 1. The van der Waals surface area contributed by atoms with Crippen LogP contribution in [0.1, 0.15) is 46.1 Å². The molecule has 5 heteroatoms. The van der Waals surface area contributed by atoms with Gasteiger partial charge in [-0.3, -0.25) is 14.5 Å². The maximum Gasteiger partial charge on any atom is 0.313 e. The number of anilines is 1. The molecule has 1 aromatic carbocycles. The van der Waals surface area contributed by atoms with Crippen molar-refractivity contribution < 1.29 is 9.59 Å². The van der Waals surface area contributed by atoms with Crippen molar-refractivity contribution in [3.05, 3.63) is 29.8 Å². The van der Waals surface area contributed by atoms with Crippen molar-refractivity contribution in [3.8, 4) is 0 Å². The van der Waals surface area contributed by atoms with Gasteiger partial charge in [0.25, 0.3) is 0 Å². The predicted molar refractivity (Wildman–Crippen MR) is 97.1 cm³/mol. The molecule has 132 valence electrons. The molecule has 0 saturated carbocycles. The van der Waals surface area contributed by atoms with Crippen LogP contribution in [-0.4, -0.2) is 42.4 Å². The summed E-state index contributed by atoms with van der Waals surface area (Å²) in [5.41, 5.74) is 1.89. The van der Waals surface area contributed by atoms with E-state index in [4.69, 9.17) is 0 Å². The molecule has 1 aliphatic heterocycles. The van der Waals surface area contributed by atoms with Crippen molar-refractivity contribution in [3.63, 3.8) is 0 Å². The summed E-state index contributed by atoms with van der Waals surface area (Å²) in [5.74, 6) is -1.18. The maximum absolute atomic E-state index is 12.0. The number of likely N-dealkylation sites (tertiary alicyclic amines) is 1. The van der Waals surface area contributed by atoms with Gasteiger partial charge in [0.05, 0.1) is 0 Å². The van der Waals surface area contributed by atoms with E-state index < -0.39 is 11.8 Å². The van der Waals surface area contributed by atoms with Crippen molar-refractivity contribution in [1.29, 1.82) is 0 Å². The average molecular weight is 331 g/mol. The molecule has 2 N–H and O–H groups in total. The van der Waals surface area contributed by atoms with Crippen molar-refractivity contribution >= 4 is 17.5 Å². The molecular weight excluding hydrogens is 302 g/mol. The topological polar surface area (TPSA) is 61.4 Å². The highest BCUT2D eigenvalue weighted by atomic mass is 16.2. The van der Waals surface area contributed by atoms with Crippen LogP contribution in [0.4, 0.5) is 5.69 Å². The van der Waals surface area contributed by atoms with Crippen LogP contribution in [0.3, 0.4) is 0 Å². The van der Waals surface area contributed by atoms with Gasteiger partial charge >= 0.3 is 11.8 Å². The van der Waals surface area contributed by atoms with Gasteiger partial charge in [-0.05, 0) is 49.0 Å². The smallest absolute Gasteiger partial charge is 0.313 e. The van der Waals surface area contributed by atoms with Crippen molar-refractivity contribution in [2.75, 3.05) is 25.0 Å². The lowest BCUT2D eigenvalue weighted by Gasteiger charge is -2.22. The number of carbonyl (C=O) groups excluding carboxylic acids is 2. The standard InChI is InChI=1S/C19H29N3O2/c1-5-22-12-6-7-16(22)13-20-17(23)18(24)21-15-10-8-14(9-11-15)19(2,3)4/h8-11,16H,5-7,12-13H2,1-4H3,(H,20,23)(H,21,24)/t16-/m0/s1. The molecule has 1 heterocycles. The zero-order chi connectivity index (χ0) is 17.7. The van der Waals surface area contributed by atoms with Crippen LogP contribution < -0.4 is 10.6 Å². The summed E-state index contributed by atoms with van der Waals surface area (Å²) in [5, 5.41) is 5.41. The lowest BCUT2D eigenvalue weighted by molar-refractivity contribution is -0.136. The fourth-order valence-electron chi connectivity index (χ4n) is 3.07. The summed E-state index contributed by atoms with van der Waals surface area (Å²) in [4.78, 5) is 26.3. The molecule has 1 aromatic rings. The van der Waals surface area contributed by atoms with Crippen molar-refractivity contribution in [2.45, 2.75) is 52.0 Å². The van der Waals surface area contributed by atoms with E-state index >= 15 is 0 Å². The maximum atomic E-state index is 12.0. The Morgan fingerprint density at radius 1 is 1.17 bits per heavy atom. The zero-order valence-corrected chi connectivity index (χ0v) is 15.2. The SMILES string of the molecule is CCN1CCC[C@H]1CNC(=O)C(=O)Nc1ccc(C(C)(C)C)cc1. The highest BCUT2D eigenvalue weighted by molar-refractivity contribution is 6.39. The second-order valence-corrected chi connectivity index (χ2v) is 7.42. The van der Waals surface area contributed by atoms with E-state index in [1.807, 2.05) is 24.3 Å². The predicted octanol–water partition coefficient (Wildman–Crippen LogP) is 2.52. The molecule has 2 amide bonds. The summed E-state index contributed by atoms with van der Waals surface area (Å²) in [7, 11) is 0.